The molecule has 0 amide bonds. The van der Waals surface area contributed by atoms with Crippen molar-refractivity contribution in [1.29, 1.82) is 0 Å². The fraction of sp³-hybridized carbons (Fsp3) is 0.533. The van der Waals surface area contributed by atoms with E-state index in [9.17, 15) is 5.11 Å². The number of benzene rings is 1. The Morgan fingerprint density at radius 3 is 2.42 bits per heavy atom. The van der Waals surface area contributed by atoms with Crippen LogP contribution in [0.1, 0.15) is 37.8 Å². The van der Waals surface area contributed by atoms with Crippen molar-refractivity contribution >= 4 is 11.6 Å². The zero-order valence-electron chi connectivity index (χ0n) is 12.3. The molecule has 0 unspecified atom stereocenters. The fourth-order valence-corrected chi connectivity index (χ4v) is 1.71. The van der Waals surface area contributed by atoms with Gasteiger partial charge in [-0.15, -0.1) is 0 Å². The number of aliphatic imine (C=N–C) groups is 1. The van der Waals surface area contributed by atoms with E-state index in [2.05, 4.69) is 24.2 Å². The molecule has 0 aliphatic heterocycles. The SMILES string of the molecule is CCC(O)(CC)CN=C(N)Nc1ccc(C)c(C)c1. The van der Waals surface area contributed by atoms with Gasteiger partial charge in [0.05, 0.1) is 12.1 Å². The topological polar surface area (TPSA) is 70.6 Å². The van der Waals surface area contributed by atoms with Crippen LogP contribution >= 0.6 is 0 Å². The Kier molecular flexibility index (Phi) is 5.36. The number of guanidine groups is 1. The van der Waals surface area contributed by atoms with Gasteiger partial charge in [-0.3, -0.25) is 4.99 Å². The summed E-state index contributed by atoms with van der Waals surface area (Å²) in [4.78, 5) is 4.22. The van der Waals surface area contributed by atoms with Gasteiger partial charge in [0.25, 0.3) is 0 Å². The molecule has 0 heterocycles. The quantitative estimate of drug-likeness (QED) is 0.565. The molecule has 4 heteroatoms. The van der Waals surface area contributed by atoms with Gasteiger partial charge in [0.15, 0.2) is 5.96 Å². The Hall–Kier alpha value is -1.55. The fourth-order valence-electron chi connectivity index (χ4n) is 1.71. The van der Waals surface area contributed by atoms with E-state index in [-0.39, 0.29) is 0 Å². The predicted octanol–water partition coefficient (Wildman–Crippen LogP) is 2.58. The third-order valence-corrected chi connectivity index (χ3v) is 3.64. The second-order valence-corrected chi connectivity index (χ2v) is 5.06. The summed E-state index contributed by atoms with van der Waals surface area (Å²) in [7, 11) is 0. The number of anilines is 1. The Bertz CT molecular complexity index is 451. The molecule has 0 saturated carbocycles. The Labute approximate surface area is 115 Å². The molecule has 0 radical (unpaired) electrons. The van der Waals surface area contributed by atoms with E-state index in [0.29, 0.717) is 25.3 Å². The van der Waals surface area contributed by atoms with Crippen LogP contribution in [-0.4, -0.2) is 23.2 Å². The summed E-state index contributed by atoms with van der Waals surface area (Å²) >= 11 is 0. The molecule has 0 bridgehead atoms. The maximum absolute atomic E-state index is 10.1. The minimum Gasteiger partial charge on any atom is -0.388 e. The lowest BCUT2D eigenvalue weighted by Crippen LogP contribution is -2.33. The number of aliphatic hydroxyl groups is 1. The lowest BCUT2D eigenvalue weighted by Gasteiger charge is -2.22. The van der Waals surface area contributed by atoms with Gasteiger partial charge in [-0.25, -0.2) is 0 Å². The molecular weight excluding hydrogens is 238 g/mol. The van der Waals surface area contributed by atoms with Crippen molar-refractivity contribution in [2.45, 2.75) is 46.1 Å². The van der Waals surface area contributed by atoms with Gasteiger partial charge in [0, 0.05) is 5.69 Å². The zero-order valence-corrected chi connectivity index (χ0v) is 12.3. The van der Waals surface area contributed by atoms with Crippen LogP contribution in [0.15, 0.2) is 23.2 Å². The largest absolute Gasteiger partial charge is 0.388 e. The second kappa shape index (κ2) is 6.57. The highest BCUT2D eigenvalue weighted by molar-refractivity contribution is 5.92. The lowest BCUT2D eigenvalue weighted by molar-refractivity contribution is 0.0419. The number of nitrogens with zero attached hydrogens (tertiary/aromatic N) is 1. The minimum absolute atomic E-state index is 0.323. The van der Waals surface area contributed by atoms with Crippen molar-refractivity contribution < 1.29 is 5.11 Å². The molecule has 0 aliphatic carbocycles. The van der Waals surface area contributed by atoms with Crippen molar-refractivity contribution in [2.75, 3.05) is 11.9 Å². The first-order valence-electron chi connectivity index (χ1n) is 6.77. The summed E-state index contributed by atoms with van der Waals surface area (Å²) in [6.45, 7) is 8.35. The van der Waals surface area contributed by atoms with Gasteiger partial charge in [0.1, 0.15) is 0 Å². The average molecular weight is 263 g/mol. The molecule has 0 aliphatic rings. The van der Waals surface area contributed by atoms with Crippen LogP contribution in [0.3, 0.4) is 0 Å². The van der Waals surface area contributed by atoms with Crippen LogP contribution in [0.4, 0.5) is 5.69 Å². The van der Waals surface area contributed by atoms with Gasteiger partial charge in [-0.2, -0.15) is 0 Å². The molecule has 0 atom stereocenters. The normalized spacial score (nSPS) is 12.6. The number of aryl methyl sites for hydroxylation is 2. The third-order valence-electron chi connectivity index (χ3n) is 3.64. The highest BCUT2D eigenvalue weighted by Crippen LogP contribution is 2.16. The number of hydrogen-bond acceptors (Lipinski definition) is 2. The molecule has 19 heavy (non-hydrogen) atoms. The molecule has 106 valence electrons. The highest BCUT2D eigenvalue weighted by atomic mass is 16.3. The van der Waals surface area contributed by atoms with Crippen molar-refractivity contribution in [2.24, 2.45) is 10.7 Å². The Morgan fingerprint density at radius 2 is 1.89 bits per heavy atom. The second-order valence-electron chi connectivity index (χ2n) is 5.06. The highest BCUT2D eigenvalue weighted by Gasteiger charge is 2.21. The smallest absolute Gasteiger partial charge is 0.193 e. The standard InChI is InChI=1S/C15H25N3O/c1-5-15(19,6-2)10-17-14(16)18-13-8-7-11(3)12(4)9-13/h7-9,19H,5-6,10H2,1-4H3,(H3,16,17,18). The molecule has 1 rings (SSSR count). The van der Waals surface area contributed by atoms with Crippen molar-refractivity contribution in [3.8, 4) is 0 Å². The zero-order chi connectivity index (χ0) is 14.5. The van der Waals surface area contributed by atoms with Crippen molar-refractivity contribution in [3.05, 3.63) is 29.3 Å². The van der Waals surface area contributed by atoms with Crippen LogP contribution in [0.5, 0.6) is 0 Å². The number of nitrogens with two attached hydrogens (primary N) is 1. The van der Waals surface area contributed by atoms with Crippen molar-refractivity contribution in [1.82, 2.24) is 0 Å². The molecule has 0 aromatic heterocycles. The molecule has 0 spiro atoms. The number of nitrogens with one attached hydrogen (secondary N) is 1. The van der Waals surface area contributed by atoms with E-state index < -0.39 is 5.60 Å². The van der Waals surface area contributed by atoms with Crippen LogP contribution in [0.2, 0.25) is 0 Å². The molecular formula is C15H25N3O. The van der Waals surface area contributed by atoms with Gasteiger partial charge in [0.2, 0.25) is 0 Å². The van der Waals surface area contributed by atoms with Crippen LogP contribution in [0.25, 0.3) is 0 Å². The van der Waals surface area contributed by atoms with Crippen LogP contribution in [0, 0.1) is 13.8 Å². The van der Waals surface area contributed by atoms with E-state index in [1.54, 1.807) is 0 Å². The Morgan fingerprint density at radius 1 is 1.26 bits per heavy atom. The monoisotopic (exact) mass is 263 g/mol. The molecule has 0 saturated heterocycles. The van der Waals surface area contributed by atoms with Crippen molar-refractivity contribution in [3.63, 3.8) is 0 Å². The van der Waals surface area contributed by atoms with E-state index in [4.69, 9.17) is 5.73 Å². The first kappa shape index (κ1) is 15.5. The maximum Gasteiger partial charge on any atom is 0.193 e. The summed E-state index contributed by atoms with van der Waals surface area (Å²) in [6, 6.07) is 6.04. The summed E-state index contributed by atoms with van der Waals surface area (Å²) in [5.41, 5.74) is 8.45. The third kappa shape index (κ3) is 4.56. The summed E-state index contributed by atoms with van der Waals surface area (Å²) < 4.78 is 0. The summed E-state index contributed by atoms with van der Waals surface area (Å²) in [5.74, 6) is 0.337. The molecule has 1 aromatic carbocycles. The first-order valence-corrected chi connectivity index (χ1v) is 6.77. The molecule has 4 nitrogen and oxygen atoms in total. The Balaban J connectivity index is 2.68. The summed E-state index contributed by atoms with van der Waals surface area (Å²) in [6.07, 6.45) is 1.34. The van der Waals surface area contributed by atoms with E-state index in [1.165, 1.54) is 11.1 Å². The predicted molar refractivity (Wildman–Crippen MR) is 81.6 cm³/mol. The number of hydrogen-bond donors (Lipinski definition) is 3. The molecule has 0 fully saturated rings. The van der Waals surface area contributed by atoms with Gasteiger partial charge in [-0.05, 0) is 49.9 Å². The maximum atomic E-state index is 10.1. The average Bonchev–Trinajstić information content (AvgIpc) is 2.40. The van der Waals surface area contributed by atoms with E-state index >= 15 is 0 Å². The van der Waals surface area contributed by atoms with Gasteiger partial charge in [-0.1, -0.05) is 19.9 Å². The summed E-state index contributed by atoms with van der Waals surface area (Å²) in [5, 5.41) is 13.2. The van der Waals surface area contributed by atoms with Gasteiger partial charge >= 0.3 is 0 Å². The first-order chi connectivity index (χ1) is 8.90. The minimum atomic E-state index is -0.754. The molecule has 4 N–H and O–H groups in total. The molecule has 1 aromatic rings. The van der Waals surface area contributed by atoms with Crippen LogP contribution < -0.4 is 11.1 Å². The lowest BCUT2D eigenvalue weighted by atomic mass is 9.98. The van der Waals surface area contributed by atoms with Gasteiger partial charge < -0.3 is 16.2 Å². The number of rotatable bonds is 5. The van der Waals surface area contributed by atoms with Crippen LogP contribution in [-0.2, 0) is 0 Å². The van der Waals surface area contributed by atoms with E-state index in [0.717, 1.165) is 5.69 Å². The van der Waals surface area contributed by atoms with E-state index in [1.807, 2.05) is 32.0 Å².